The van der Waals surface area contributed by atoms with Crippen LogP contribution in [0.3, 0.4) is 0 Å². The Morgan fingerprint density at radius 1 is 1.75 bits per heavy atom. The smallest absolute Gasteiger partial charge is 0.138 e. The van der Waals surface area contributed by atoms with Gasteiger partial charge in [0.15, 0.2) is 0 Å². The van der Waals surface area contributed by atoms with Crippen molar-refractivity contribution in [1.82, 2.24) is 10.5 Å². The molecule has 0 aliphatic carbocycles. The summed E-state index contributed by atoms with van der Waals surface area (Å²) in [5.41, 5.74) is 0.972. The van der Waals surface area contributed by atoms with E-state index in [0.29, 0.717) is 0 Å². The molecule has 1 aromatic rings. The minimum absolute atomic E-state index is 0.0104. The third-order valence-corrected chi connectivity index (χ3v) is 2.31. The van der Waals surface area contributed by atoms with Gasteiger partial charge in [-0.15, -0.1) is 0 Å². The van der Waals surface area contributed by atoms with Gasteiger partial charge in [0.05, 0.1) is 18.3 Å². The maximum Gasteiger partial charge on any atom is 0.138 e. The number of aliphatic hydroxyl groups excluding tert-OH is 1. The number of aliphatic hydroxyl groups is 1. The molecule has 2 N–H and O–H groups in total. The first-order valence-corrected chi connectivity index (χ1v) is 4.11. The van der Waals surface area contributed by atoms with E-state index in [1.165, 1.54) is 0 Å². The second kappa shape index (κ2) is 2.88. The van der Waals surface area contributed by atoms with E-state index < -0.39 is 0 Å². The Morgan fingerprint density at radius 3 is 3.08 bits per heavy atom. The fourth-order valence-electron chi connectivity index (χ4n) is 1.61. The second-order valence-electron chi connectivity index (χ2n) is 3.13. The van der Waals surface area contributed by atoms with Crippen molar-refractivity contribution in [2.24, 2.45) is 0 Å². The minimum atomic E-state index is -0.303. The molecule has 0 aromatic carbocycles. The molecule has 1 aromatic heterocycles. The predicted molar refractivity (Wildman–Crippen MR) is 42.6 cm³/mol. The lowest BCUT2D eigenvalue weighted by Crippen LogP contribution is -2.20. The predicted octanol–water partition coefficient (Wildman–Crippen LogP) is 0.378. The van der Waals surface area contributed by atoms with Crippen molar-refractivity contribution in [3.63, 3.8) is 0 Å². The summed E-state index contributed by atoms with van der Waals surface area (Å²) in [6, 6.07) is 0.0104. The number of aryl methyl sites for hydroxylation is 1. The van der Waals surface area contributed by atoms with E-state index in [9.17, 15) is 5.11 Å². The highest BCUT2D eigenvalue weighted by atomic mass is 16.5. The van der Waals surface area contributed by atoms with Gasteiger partial charge < -0.3 is 14.9 Å². The van der Waals surface area contributed by atoms with Gasteiger partial charge in [0.25, 0.3) is 0 Å². The molecular weight excluding hydrogens is 156 g/mol. The molecule has 1 aliphatic rings. The van der Waals surface area contributed by atoms with E-state index in [0.717, 1.165) is 24.3 Å². The summed E-state index contributed by atoms with van der Waals surface area (Å²) in [5, 5.41) is 16.4. The quantitative estimate of drug-likeness (QED) is 0.636. The molecule has 0 radical (unpaired) electrons. The molecule has 12 heavy (non-hydrogen) atoms. The largest absolute Gasteiger partial charge is 0.391 e. The first-order valence-electron chi connectivity index (χ1n) is 4.11. The highest BCUT2D eigenvalue weighted by Gasteiger charge is 2.28. The zero-order valence-corrected chi connectivity index (χ0v) is 6.95. The molecule has 2 atom stereocenters. The molecule has 0 bridgehead atoms. The summed E-state index contributed by atoms with van der Waals surface area (Å²) in [6.07, 6.45) is 2.17. The van der Waals surface area contributed by atoms with Gasteiger partial charge in [-0.05, 0) is 19.9 Å². The van der Waals surface area contributed by atoms with Crippen LogP contribution >= 0.6 is 0 Å². The molecule has 66 valence electrons. The number of hydrogen-bond acceptors (Lipinski definition) is 4. The molecule has 2 rings (SSSR count). The maximum absolute atomic E-state index is 9.55. The van der Waals surface area contributed by atoms with E-state index in [4.69, 9.17) is 4.52 Å². The van der Waals surface area contributed by atoms with E-state index >= 15 is 0 Å². The Balaban J connectivity index is 2.24. The Kier molecular flexibility index (Phi) is 1.86. The van der Waals surface area contributed by atoms with Crippen molar-refractivity contribution in [3.8, 4) is 0 Å². The van der Waals surface area contributed by atoms with E-state index in [2.05, 4.69) is 10.5 Å². The standard InChI is InChI=1S/C8H12N2O2/c1-5-6(4-10-12-5)8-7(11)2-3-9-8/h4,7-9,11H,2-3H2,1H3. The number of hydrogen-bond donors (Lipinski definition) is 2. The van der Waals surface area contributed by atoms with Crippen LogP contribution in [0.1, 0.15) is 23.8 Å². The molecule has 1 saturated heterocycles. The van der Waals surface area contributed by atoms with Gasteiger partial charge in [-0.3, -0.25) is 0 Å². The summed E-state index contributed by atoms with van der Waals surface area (Å²) in [7, 11) is 0. The van der Waals surface area contributed by atoms with Gasteiger partial charge in [-0.25, -0.2) is 0 Å². The molecule has 4 nitrogen and oxygen atoms in total. The Morgan fingerprint density at radius 2 is 2.58 bits per heavy atom. The van der Waals surface area contributed by atoms with Crippen molar-refractivity contribution in [2.75, 3.05) is 6.54 Å². The van der Waals surface area contributed by atoms with Crippen LogP contribution in [0.25, 0.3) is 0 Å². The monoisotopic (exact) mass is 168 g/mol. The third-order valence-electron chi connectivity index (χ3n) is 2.31. The van der Waals surface area contributed by atoms with Crippen molar-refractivity contribution in [1.29, 1.82) is 0 Å². The van der Waals surface area contributed by atoms with Gasteiger partial charge in [0.1, 0.15) is 5.76 Å². The van der Waals surface area contributed by atoms with Crippen LogP contribution in [0.2, 0.25) is 0 Å². The molecule has 2 unspecified atom stereocenters. The Labute approximate surface area is 70.6 Å². The first-order chi connectivity index (χ1) is 5.79. The summed E-state index contributed by atoms with van der Waals surface area (Å²) >= 11 is 0. The lowest BCUT2D eigenvalue weighted by Gasteiger charge is -2.12. The number of nitrogens with zero attached hydrogens (tertiary/aromatic N) is 1. The summed E-state index contributed by atoms with van der Waals surface area (Å²) in [5.74, 6) is 0.786. The van der Waals surface area contributed by atoms with Crippen LogP contribution < -0.4 is 5.32 Å². The summed E-state index contributed by atoms with van der Waals surface area (Å²) < 4.78 is 4.92. The zero-order chi connectivity index (χ0) is 8.55. The Bertz CT molecular complexity index is 272. The van der Waals surface area contributed by atoms with Crippen LogP contribution in [-0.4, -0.2) is 22.9 Å². The number of rotatable bonds is 1. The summed E-state index contributed by atoms with van der Waals surface area (Å²) in [4.78, 5) is 0. The molecule has 1 aliphatic heterocycles. The minimum Gasteiger partial charge on any atom is -0.391 e. The third kappa shape index (κ3) is 1.13. The molecule has 2 heterocycles. The van der Waals surface area contributed by atoms with Crippen LogP contribution in [0.5, 0.6) is 0 Å². The average molecular weight is 168 g/mol. The number of aromatic nitrogens is 1. The Hall–Kier alpha value is -0.870. The first kappa shape index (κ1) is 7.76. The average Bonchev–Trinajstić information content (AvgIpc) is 2.59. The molecule has 4 heteroatoms. The molecular formula is C8H12N2O2. The van der Waals surface area contributed by atoms with Gasteiger partial charge in [0.2, 0.25) is 0 Å². The van der Waals surface area contributed by atoms with Gasteiger partial charge >= 0.3 is 0 Å². The van der Waals surface area contributed by atoms with Crippen molar-refractivity contribution in [2.45, 2.75) is 25.5 Å². The highest BCUT2D eigenvalue weighted by Crippen LogP contribution is 2.25. The van der Waals surface area contributed by atoms with Crippen LogP contribution in [0, 0.1) is 6.92 Å². The van der Waals surface area contributed by atoms with Gasteiger partial charge in [-0.2, -0.15) is 0 Å². The van der Waals surface area contributed by atoms with Crippen LogP contribution in [-0.2, 0) is 0 Å². The zero-order valence-electron chi connectivity index (χ0n) is 6.95. The maximum atomic E-state index is 9.55. The lowest BCUT2D eigenvalue weighted by molar-refractivity contribution is 0.159. The lowest BCUT2D eigenvalue weighted by atomic mass is 10.1. The van der Waals surface area contributed by atoms with E-state index in [-0.39, 0.29) is 12.1 Å². The van der Waals surface area contributed by atoms with Crippen molar-refractivity contribution < 1.29 is 9.63 Å². The van der Waals surface area contributed by atoms with E-state index in [1.54, 1.807) is 6.20 Å². The van der Waals surface area contributed by atoms with Crippen LogP contribution in [0.4, 0.5) is 0 Å². The summed E-state index contributed by atoms with van der Waals surface area (Å²) in [6.45, 7) is 2.71. The topological polar surface area (TPSA) is 58.3 Å². The SMILES string of the molecule is Cc1oncc1C1NCCC1O. The van der Waals surface area contributed by atoms with Crippen LogP contribution in [0.15, 0.2) is 10.7 Å². The fourth-order valence-corrected chi connectivity index (χ4v) is 1.61. The fraction of sp³-hybridized carbons (Fsp3) is 0.625. The van der Waals surface area contributed by atoms with Gasteiger partial charge in [-0.1, -0.05) is 5.16 Å². The number of nitrogens with one attached hydrogen (secondary N) is 1. The van der Waals surface area contributed by atoms with Crippen molar-refractivity contribution >= 4 is 0 Å². The second-order valence-corrected chi connectivity index (χ2v) is 3.13. The molecule has 1 fully saturated rings. The normalized spacial score (nSPS) is 29.5. The van der Waals surface area contributed by atoms with E-state index in [1.807, 2.05) is 6.92 Å². The molecule has 0 spiro atoms. The molecule has 0 saturated carbocycles. The van der Waals surface area contributed by atoms with Gasteiger partial charge in [0, 0.05) is 5.56 Å². The molecule has 0 amide bonds. The van der Waals surface area contributed by atoms with Crippen molar-refractivity contribution in [3.05, 3.63) is 17.5 Å². The highest BCUT2D eigenvalue weighted by molar-refractivity contribution is 5.19.